The summed E-state index contributed by atoms with van der Waals surface area (Å²) in [7, 11) is 0. The van der Waals surface area contributed by atoms with Gasteiger partial charge in [0, 0.05) is 5.02 Å². The molecule has 2 aromatic rings. The summed E-state index contributed by atoms with van der Waals surface area (Å²) in [5.74, 6) is 0.693. The first-order valence-corrected chi connectivity index (χ1v) is 6.57. The smallest absolute Gasteiger partial charge is 0.332 e. The lowest BCUT2D eigenvalue weighted by molar-refractivity contribution is 0.249. The van der Waals surface area contributed by atoms with E-state index in [0.717, 1.165) is 11.1 Å². The number of hydrazone groups is 1. The Labute approximate surface area is 127 Å². The van der Waals surface area contributed by atoms with Crippen molar-refractivity contribution in [3.8, 4) is 5.75 Å². The molecule has 2 aromatic carbocycles. The summed E-state index contributed by atoms with van der Waals surface area (Å²) in [6, 6.07) is 14.1. The molecule has 0 saturated heterocycles. The lowest BCUT2D eigenvalue weighted by Gasteiger charge is -2.07. The predicted octanol–water partition coefficient (Wildman–Crippen LogP) is 2.92. The van der Waals surface area contributed by atoms with Gasteiger partial charge in [-0.2, -0.15) is 5.10 Å². The zero-order valence-electron chi connectivity index (χ0n) is 11.1. The number of carbonyl (C=O) groups is 1. The van der Waals surface area contributed by atoms with Crippen LogP contribution in [0.5, 0.6) is 5.75 Å². The van der Waals surface area contributed by atoms with E-state index in [4.69, 9.17) is 22.1 Å². The molecule has 0 aromatic heterocycles. The molecule has 0 radical (unpaired) electrons. The first-order chi connectivity index (χ1) is 10.1. The van der Waals surface area contributed by atoms with Gasteiger partial charge in [-0.05, 0) is 35.4 Å². The zero-order chi connectivity index (χ0) is 15.1. The fourth-order valence-corrected chi connectivity index (χ4v) is 1.86. The van der Waals surface area contributed by atoms with Gasteiger partial charge < -0.3 is 10.5 Å². The van der Waals surface area contributed by atoms with Crippen LogP contribution in [0.4, 0.5) is 4.79 Å². The number of amides is 2. The Bertz CT molecular complexity index is 659. The van der Waals surface area contributed by atoms with Crippen molar-refractivity contribution < 1.29 is 9.53 Å². The Morgan fingerprint density at radius 3 is 2.86 bits per heavy atom. The van der Waals surface area contributed by atoms with Gasteiger partial charge in [-0.25, -0.2) is 10.2 Å². The highest BCUT2D eigenvalue weighted by Crippen LogP contribution is 2.16. The van der Waals surface area contributed by atoms with Crippen LogP contribution < -0.4 is 15.9 Å². The van der Waals surface area contributed by atoms with E-state index in [1.54, 1.807) is 6.07 Å². The van der Waals surface area contributed by atoms with Crippen LogP contribution in [0.3, 0.4) is 0 Å². The normalized spacial score (nSPS) is 10.5. The van der Waals surface area contributed by atoms with E-state index in [9.17, 15) is 4.79 Å². The molecule has 108 valence electrons. The number of ether oxygens (including phenoxy) is 1. The fourth-order valence-electron chi connectivity index (χ4n) is 1.65. The number of rotatable bonds is 5. The zero-order valence-corrected chi connectivity index (χ0v) is 11.9. The molecule has 0 aliphatic heterocycles. The van der Waals surface area contributed by atoms with Crippen molar-refractivity contribution in [1.82, 2.24) is 5.43 Å². The minimum atomic E-state index is -0.709. The van der Waals surface area contributed by atoms with Gasteiger partial charge in [-0.3, -0.25) is 0 Å². The summed E-state index contributed by atoms with van der Waals surface area (Å²) in [6.45, 7) is 0.417. The minimum Gasteiger partial charge on any atom is -0.489 e. The van der Waals surface area contributed by atoms with Crippen LogP contribution in [0, 0.1) is 0 Å². The van der Waals surface area contributed by atoms with Gasteiger partial charge in [0.15, 0.2) is 0 Å². The Morgan fingerprint density at radius 2 is 2.10 bits per heavy atom. The molecule has 0 fully saturated rings. The topological polar surface area (TPSA) is 76.7 Å². The molecule has 3 N–H and O–H groups in total. The minimum absolute atomic E-state index is 0.417. The van der Waals surface area contributed by atoms with Crippen LogP contribution in [-0.2, 0) is 6.61 Å². The van der Waals surface area contributed by atoms with Gasteiger partial charge in [0.1, 0.15) is 12.4 Å². The van der Waals surface area contributed by atoms with Crippen LogP contribution >= 0.6 is 11.6 Å². The number of hydrogen-bond donors (Lipinski definition) is 2. The molecule has 5 nitrogen and oxygen atoms in total. The summed E-state index contributed by atoms with van der Waals surface area (Å²) >= 11 is 5.92. The van der Waals surface area contributed by atoms with Crippen molar-refractivity contribution in [3.05, 3.63) is 64.7 Å². The number of nitrogens with zero attached hydrogens (tertiary/aromatic N) is 1. The molecular weight excluding hydrogens is 290 g/mol. The number of nitrogens with one attached hydrogen (secondary N) is 1. The van der Waals surface area contributed by atoms with Crippen molar-refractivity contribution in [2.75, 3.05) is 0 Å². The van der Waals surface area contributed by atoms with E-state index in [-0.39, 0.29) is 0 Å². The molecule has 6 heteroatoms. The van der Waals surface area contributed by atoms with Gasteiger partial charge in [-0.15, -0.1) is 0 Å². The van der Waals surface area contributed by atoms with E-state index in [2.05, 4.69) is 10.5 Å². The lowest BCUT2D eigenvalue weighted by Crippen LogP contribution is -2.24. The molecule has 0 saturated carbocycles. The molecule has 0 unspecified atom stereocenters. The Kier molecular flexibility index (Phi) is 5.17. The Hall–Kier alpha value is -2.53. The van der Waals surface area contributed by atoms with Crippen LogP contribution in [-0.4, -0.2) is 12.2 Å². The summed E-state index contributed by atoms with van der Waals surface area (Å²) in [5, 5.41) is 4.37. The highest BCUT2D eigenvalue weighted by molar-refractivity contribution is 6.30. The molecule has 0 spiro atoms. The Balaban J connectivity index is 1.97. The first-order valence-electron chi connectivity index (χ1n) is 6.19. The van der Waals surface area contributed by atoms with Crippen molar-refractivity contribution in [1.29, 1.82) is 0 Å². The number of urea groups is 1. The molecule has 2 rings (SSSR count). The van der Waals surface area contributed by atoms with Crippen molar-refractivity contribution in [2.45, 2.75) is 6.61 Å². The maximum Gasteiger partial charge on any atom is 0.332 e. The average molecular weight is 304 g/mol. The van der Waals surface area contributed by atoms with Gasteiger partial charge >= 0.3 is 6.03 Å². The third kappa shape index (κ3) is 5.16. The highest BCUT2D eigenvalue weighted by atomic mass is 35.5. The molecule has 0 aliphatic carbocycles. The van der Waals surface area contributed by atoms with Crippen molar-refractivity contribution in [2.24, 2.45) is 10.8 Å². The maximum atomic E-state index is 10.5. The Morgan fingerprint density at radius 1 is 1.29 bits per heavy atom. The predicted molar refractivity (Wildman–Crippen MR) is 82.5 cm³/mol. The van der Waals surface area contributed by atoms with Crippen LogP contribution in [0.15, 0.2) is 53.6 Å². The lowest BCUT2D eigenvalue weighted by atomic mass is 10.2. The van der Waals surface area contributed by atoms with Crippen LogP contribution in [0.2, 0.25) is 5.02 Å². The summed E-state index contributed by atoms with van der Waals surface area (Å²) in [5.41, 5.74) is 8.81. The number of benzene rings is 2. The number of hydrogen-bond acceptors (Lipinski definition) is 3. The second-order valence-corrected chi connectivity index (χ2v) is 4.66. The second kappa shape index (κ2) is 7.31. The second-order valence-electron chi connectivity index (χ2n) is 4.23. The SMILES string of the molecule is NC(=O)NN=Cc1cccc(OCc2cccc(Cl)c2)c1. The molecule has 0 aliphatic rings. The molecule has 21 heavy (non-hydrogen) atoms. The number of carbonyl (C=O) groups excluding carboxylic acids is 1. The largest absolute Gasteiger partial charge is 0.489 e. The summed E-state index contributed by atoms with van der Waals surface area (Å²) in [4.78, 5) is 10.5. The van der Waals surface area contributed by atoms with Crippen molar-refractivity contribution >= 4 is 23.8 Å². The third-order valence-electron chi connectivity index (χ3n) is 2.54. The van der Waals surface area contributed by atoms with Crippen LogP contribution in [0.1, 0.15) is 11.1 Å². The van der Waals surface area contributed by atoms with Crippen molar-refractivity contribution in [3.63, 3.8) is 0 Å². The van der Waals surface area contributed by atoms with Gasteiger partial charge in [0.05, 0.1) is 6.21 Å². The average Bonchev–Trinajstić information content (AvgIpc) is 2.45. The van der Waals surface area contributed by atoms with E-state index in [1.165, 1.54) is 6.21 Å². The van der Waals surface area contributed by atoms with Gasteiger partial charge in [0.2, 0.25) is 0 Å². The van der Waals surface area contributed by atoms with Gasteiger partial charge in [-0.1, -0.05) is 35.9 Å². The third-order valence-corrected chi connectivity index (χ3v) is 2.78. The highest BCUT2D eigenvalue weighted by Gasteiger charge is 1.98. The van der Waals surface area contributed by atoms with E-state index in [0.29, 0.717) is 17.4 Å². The number of halogens is 1. The quantitative estimate of drug-likeness (QED) is 0.658. The number of primary amides is 1. The molecule has 0 atom stereocenters. The molecular formula is C15H14ClN3O2. The van der Waals surface area contributed by atoms with E-state index >= 15 is 0 Å². The monoisotopic (exact) mass is 303 g/mol. The molecule has 2 amide bonds. The first kappa shape index (κ1) is 14.9. The standard InChI is InChI=1S/C15H14ClN3O2/c16-13-5-1-4-12(7-13)10-21-14-6-2-3-11(8-14)9-18-19-15(17)20/h1-9H,10H2,(H3,17,19,20). The van der Waals surface area contributed by atoms with E-state index < -0.39 is 6.03 Å². The number of nitrogens with two attached hydrogens (primary N) is 1. The van der Waals surface area contributed by atoms with E-state index in [1.807, 2.05) is 42.5 Å². The summed E-state index contributed by atoms with van der Waals surface area (Å²) in [6.07, 6.45) is 1.48. The van der Waals surface area contributed by atoms with Gasteiger partial charge in [0.25, 0.3) is 0 Å². The fraction of sp³-hybridized carbons (Fsp3) is 0.0667. The van der Waals surface area contributed by atoms with Crippen LogP contribution in [0.25, 0.3) is 0 Å². The summed E-state index contributed by atoms with van der Waals surface area (Å²) < 4.78 is 5.68. The molecule has 0 bridgehead atoms. The molecule has 0 heterocycles. The maximum absolute atomic E-state index is 10.5.